The van der Waals surface area contributed by atoms with Crippen molar-refractivity contribution in [3.8, 4) is 16.8 Å². The van der Waals surface area contributed by atoms with E-state index in [1.54, 1.807) is 35.0 Å². The van der Waals surface area contributed by atoms with Crippen LogP contribution in [0.25, 0.3) is 16.8 Å². The predicted octanol–water partition coefficient (Wildman–Crippen LogP) is 4.12. The van der Waals surface area contributed by atoms with Gasteiger partial charge in [-0.1, -0.05) is 74.0 Å². The summed E-state index contributed by atoms with van der Waals surface area (Å²) >= 11 is 0. The number of nitrogens with zero attached hydrogens (tertiary/aromatic N) is 6. The fraction of sp³-hybridized carbons (Fsp3) is 0.148. The highest BCUT2D eigenvalue weighted by molar-refractivity contribution is 5.95. The van der Waals surface area contributed by atoms with Gasteiger partial charge in [0.25, 0.3) is 5.91 Å². The van der Waals surface area contributed by atoms with Gasteiger partial charge in [-0.25, -0.2) is 9.36 Å². The van der Waals surface area contributed by atoms with E-state index in [0.717, 1.165) is 22.4 Å². The van der Waals surface area contributed by atoms with Crippen LogP contribution in [0, 0.1) is 5.95 Å². The SMILES string of the molecule is CCCc1c(F)n(C(=O)c2ccccc2)c(=O)n1Cc1ccc(-c2ccccc2-n2cnnn2)cc1. The van der Waals surface area contributed by atoms with Gasteiger partial charge < -0.3 is 0 Å². The number of hydrogen-bond acceptors (Lipinski definition) is 5. The number of imidazole rings is 1. The molecule has 0 atom stereocenters. The van der Waals surface area contributed by atoms with Crippen molar-refractivity contribution in [3.05, 3.63) is 118 Å². The maximum absolute atomic E-state index is 15.3. The van der Waals surface area contributed by atoms with Gasteiger partial charge in [-0.2, -0.15) is 9.07 Å². The highest BCUT2D eigenvalue weighted by Gasteiger charge is 2.24. The van der Waals surface area contributed by atoms with Crippen LogP contribution >= 0.6 is 0 Å². The Balaban J connectivity index is 1.48. The Bertz CT molecular complexity index is 1550. The normalized spacial score (nSPS) is 11.1. The maximum Gasteiger partial charge on any atom is 0.338 e. The molecule has 5 rings (SSSR count). The average molecular weight is 483 g/mol. The molecular formula is C27H23FN6O2. The number of hydrogen-bond donors (Lipinski definition) is 0. The molecule has 0 aliphatic carbocycles. The minimum absolute atomic E-state index is 0.148. The Hall–Kier alpha value is -4.66. The van der Waals surface area contributed by atoms with E-state index in [9.17, 15) is 9.59 Å². The van der Waals surface area contributed by atoms with Crippen LogP contribution in [0.4, 0.5) is 4.39 Å². The van der Waals surface area contributed by atoms with Gasteiger partial charge in [-0.3, -0.25) is 9.36 Å². The van der Waals surface area contributed by atoms with Crippen LogP contribution in [-0.4, -0.2) is 35.2 Å². The molecule has 0 radical (unpaired) electrons. The molecule has 0 aliphatic heterocycles. The van der Waals surface area contributed by atoms with Crippen LogP contribution in [0.1, 0.15) is 35.0 Å². The molecule has 8 nitrogen and oxygen atoms in total. The van der Waals surface area contributed by atoms with Crippen molar-refractivity contribution in [2.45, 2.75) is 26.3 Å². The summed E-state index contributed by atoms with van der Waals surface area (Å²) in [6, 6.07) is 23.6. The number of benzene rings is 3. The van der Waals surface area contributed by atoms with E-state index >= 15 is 4.39 Å². The molecule has 0 amide bonds. The molecule has 0 N–H and O–H groups in total. The fourth-order valence-corrected chi connectivity index (χ4v) is 4.25. The molecule has 3 aromatic carbocycles. The second-order valence-electron chi connectivity index (χ2n) is 8.33. The van der Waals surface area contributed by atoms with Crippen LogP contribution in [0.3, 0.4) is 0 Å². The number of carbonyl (C=O) groups excluding carboxylic acids is 1. The molecule has 0 fully saturated rings. The first-order valence-corrected chi connectivity index (χ1v) is 11.6. The lowest BCUT2D eigenvalue weighted by Gasteiger charge is -2.10. The second-order valence-corrected chi connectivity index (χ2v) is 8.33. The maximum atomic E-state index is 15.3. The Kier molecular flexibility index (Phi) is 6.36. The molecule has 0 saturated carbocycles. The van der Waals surface area contributed by atoms with Crippen LogP contribution < -0.4 is 5.69 Å². The van der Waals surface area contributed by atoms with E-state index < -0.39 is 17.5 Å². The van der Waals surface area contributed by atoms with Gasteiger partial charge in [0.15, 0.2) is 0 Å². The summed E-state index contributed by atoms with van der Waals surface area (Å²) < 4.78 is 18.9. The van der Waals surface area contributed by atoms with E-state index in [2.05, 4.69) is 15.5 Å². The summed E-state index contributed by atoms with van der Waals surface area (Å²) in [5.41, 5.74) is 3.31. The molecule has 5 aromatic rings. The van der Waals surface area contributed by atoms with Gasteiger partial charge in [0.2, 0.25) is 5.95 Å². The average Bonchev–Trinajstić information content (AvgIpc) is 3.53. The molecule has 36 heavy (non-hydrogen) atoms. The Morgan fingerprint density at radius 2 is 1.67 bits per heavy atom. The van der Waals surface area contributed by atoms with E-state index in [0.29, 0.717) is 17.4 Å². The van der Waals surface area contributed by atoms with Crippen molar-refractivity contribution in [1.82, 2.24) is 29.3 Å². The lowest BCUT2D eigenvalue weighted by Crippen LogP contribution is -2.30. The van der Waals surface area contributed by atoms with Gasteiger partial charge in [0.1, 0.15) is 6.33 Å². The van der Waals surface area contributed by atoms with Gasteiger partial charge in [0, 0.05) is 11.1 Å². The zero-order chi connectivity index (χ0) is 25.1. The van der Waals surface area contributed by atoms with E-state index in [4.69, 9.17) is 0 Å². The summed E-state index contributed by atoms with van der Waals surface area (Å²) in [6.07, 6.45) is 2.51. The van der Waals surface area contributed by atoms with Gasteiger partial charge in [-0.15, -0.1) is 5.10 Å². The second kappa shape index (κ2) is 9.91. The van der Waals surface area contributed by atoms with Crippen molar-refractivity contribution in [3.63, 3.8) is 0 Å². The van der Waals surface area contributed by atoms with Crippen LogP contribution in [0.15, 0.2) is 90.0 Å². The van der Waals surface area contributed by atoms with Crippen molar-refractivity contribution >= 4 is 5.91 Å². The molecular weight excluding hydrogens is 459 g/mol. The zero-order valence-corrected chi connectivity index (χ0v) is 19.6. The Morgan fingerprint density at radius 1 is 0.944 bits per heavy atom. The van der Waals surface area contributed by atoms with E-state index in [-0.39, 0.29) is 17.8 Å². The summed E-state index contributed by atoms with van der Waals surface area (Å²) in [7, 11) is 0. The first-order chi connectivity index (χ1) is 17.6. The molecule has 0 bridgehead atoms. The Morgan fingerprint density at radius 3 is 2.36 bits per heavy atom. The number of aromatic nitrogens is 6. The molecule has 0 saturated heterocycles. The lowest BCUT2D eigenvalue weighted by molar-refractivity contribution is 0.0942. The number of rotatable bonds is 7. The number of para-hydroxylation sites is 1. The van der Waals surface area contributed by atoms with Gasteiger partial charge in [-0.05, 0) is 46.2 Å². The monoisotopic (exact) mass is 482 g/mol. The molecule has 0 unspecified atom stereocenters. The molecule has 0 aliphatic rings. The minimum Gasteiger partial charge on any atom is -0.288 e. The molecule has 2 aromatic heterocycles. The minimum atomic E-state index is -0.803. The quantitative estimate of drug-likeness (QED) is 0.348. The number of tetrazole rings is 1. The van der Waals surface area contributed by atoms with Crippen LogP contribution in [0.2, 0.25) is 0 Å². The van der Waals surface area contributed by atoms with E-state index in [1.807, 2.05) is 55.5 Å². The molecule has 2 heterocycles. The van der Waals surface area contributed by atoms with Crippen molar-refractivity contribution < 1.29 is 9.18 Å². The zero-order valence-electron chi connectivity index (χ0n) is 19.6. The Labute approximate surface area is 206 Å². The third-order valence-electron chi connectivity index (χ3n) is 6.00. The predicted molar refractivity (Wildman–Crippen MR) is 133 cm³/mol. The summed E-state index contributed by atoms with van der Waals surface area (Å²) in [5.74, 6) is -1.48. The fourth-order valence-electron chi connectivity index (χ4n) is 4.25. The molecule has 180 valence electrons. The van der Waals surface area contributed by atoms with E-state index in [1.165, 1.54) is 10.9 Å². The summed E-state index contributed by atoms with van der Waals surface area (Å²) in [6.45, 7) is 2.05. The standard InChI is InChI=1S/C27H23FN6O2/c1-2-8-24-25(28)34(26(35)21-9-4-3-5-10-21)27(36)32(24)17-19-13-15-20(16-14-19)22-11-6-7-12-23(22)33-18-29-30-31-33/h3-7,9-16,18H,2,8,17H2,1H3. The molecule has 0 spiro atoms. The number of halogens is 1. The number of carbonyl (C=O) groups is 1. The lowest BCUT2D eigenvalue weighted by atomic mass is 10.0. The third kappa shape index (κ3) is 4.26. The van der Waals surface area contributed by atoms with Crippen LogP contribution in [0.5, 0.6) is 0 Å². The highest BCUT2D eigenvalue weighted by atomic mass is 19.1. The third-order valence-corrected chi connectivity index (χ3v) is 6.00. The van der Waals surface area contributed by atoms with Crippen LogP contribution in [-0.2, 0) is 13.0 Å². The molecule has 9 heteroatoms. The summed E-state index contributed by atoms with van der Waals surface area (Å²) in [4.78, 5) is 26.1. The van der Waals surface area contributed by atoms with Gasteiger partial charge in [0.05, 0.1) is 17.9 Å². The largest absolute Gasteiger partial charge is 0.338 e. The van der Waals surface area contributed by atoms with Crippen molar-refractivity contribution in [1.29, 1.82) is 0 Å². The topological polar surface area (TPSA) is 87.6 Å². The first kappa shape index (κ1) is 23.1. The summed E-state index contributed by atoms with van der Waals surface area (Å²) in [5, 5.41) is 11.4. The highest BCUT2D eigenvalue weighted by Crippen LogP contribution is 2.26. The van der Waals surface area contributed by atoms with Crippen molar-refractivity contribution in [2.75, 3.05) is 0 Å². The van der Waals surface area contributed by atoms with Gasteiger partial charge >= 0.3 is 5.69 Å². The van der Waals surface area contributed by atoms with Crippen molar-refractivity contribution in [2.24, 2.45) is 0 Å². The first-order valence-electron chi connectivity index (χ1n) is 11.6. The smallest absolute Gasteiger partial charge is 0.288 e.